The van der Waals surface area contributed by atoms with E-state index in [4.69, 9.17) is 0 Å². The molecule has 23 heavy (non-hydrogen) atoms. The molecule has 1 fully saturated rings. The van der Waals surface area contributed by atoms with E-state index in [1.54, 1.807) is 0 Å². The van der Waals surface area contributed by atoms with Gasteiger partial charge in [-0.3, -0.25) is 14.4 Å². The molecule has 2 aromatic rings. The summed E-state index contributed by atoms with van der Waals surface area (Å²) in [5.41, 5.74) is 1.08. The maximum atomic E-state index is 12.3. The zero-order valence-electron chi connectivity index (χ0n) is 13.4. The largest absolute Gasteiger partial charge is 0.340 e. The van der Waals surface area contributed by atoms with Gasteiger partial charge in [0.25, 0.3) is 0 Å². The van der Waals surface area contributed by atoms with E-state index in [2.05, 4.69) is 38.5 Å². The van der Waals surface area contributed by atoms with Crippen LogP contribution in [0.15, 0.2) is 18.6 Å². The van der Waals surface area contributed by atoms with Gasteiger partial charge in [-0.1, -0.05) is 0 Å². The predicted octanol–water partition coefficient (Wildman–Crippen LogP) is -0.376. The van der Waals surface area contributed by atoms with Crippen molar-refractivity contribution in [2.45, 2.75) is 33.0 Å². The van der Waals surface area contributed by atoms with Crippen LogP contribution in [0.5, 0.6) is 0 Å². The molecule has 0 spiro atoms. The van der Waals surface area contributed by atoms with Crippen molar-refractivity contribution >= 4 is 5.91 Å². The summed E-state index contributed by atoms with van der Waals surface area (Å²) in [4.78, 5) is 16.5. The summed E-state index contributed by atoms with van der Waals surface area (Å²) in [6.45, 7) is 7.36. The van der Waals surface area contributed by atoms with Crippen LogP contribution in [0, 0.1) is 0 Å². The van der Waals surface area contributed by atoms with Gasteiger partial charge in [-0.05, 0) is 29.8 Å². The fraction of sp³-hybridized carbons (Fsp3) is 0.643. The van der Waals surface area contributed by atoms with Crippen molar-refractivity contribution in [2.24, 2.45) is 0 Å². The first kappa shape index (κ1) is 15.6. The molecular weight excluding hydrogens is 296 g/mol. The lowest BCUT2D eigenvalue weighted by molar-refractivity contribution is -0.131. The normalized spacial score (nSPS) is 16.5. The highest BCUT2D eigenvalue weighted by Gasteiger charge is 2.20. The lowest BCUT2D eigenvalue weighted by Crippen LogP contribution is -2.37. The molecule has 3 rings (SSSR count). The van der Waals surface area contributed by atoms with E-state index in [-0.39, 0.29) is 12.5 Å². The lowest BCUT2D eigenvalue weighted by atomic mass is 10.3. The Labute approximate surface area is 134 Å². The quantitative estimate of drug-likeness (QED) is 0.747. The SMILES string of the molecule is CCn1ccc(CN2CCCN(C(=O)Cn3cnnn3)CC2)n1. The minimum atomic E-state index is 0.0643. The van der Waals surface area contributed by atoms with Crippen LogP contribution in [0.4, 0.5) is 0 Å². The van der Waals surface area contributed by atoms with Gasteiger partial charge >= 0.3 is 0 Å². The number of nitrogens with zero attached hydrogens (tertiary/aromatic N) is 8. The Bertz CT molecular complexity index is 623. The first-order valence-corrected chi connectivity index (χ1v) is 7.98. The highest BCUT2D eigenvalue weighted by atomic mass is 16.2. The second-order valence-electron chi connectivity index (χ2n) is 5.68. The maximum Gasteiger partial charge on any atom is 0.244 e. The fourth-order valence-corrected chi connectivity index (χ4v) is 2.76. The van der Waals surface area contributed by atoms with E-state index >= 15 is 0 Å². The minimum absolute atomic E-state index is 0.0643. The van der Waals surface area contributed by atoms with Gasteiger partial charge in [0.15, 0.2) is 0 Å². The highest BCUT2D eigenvalue weighted by molar-refractivity contribution is 5.75. The summed E-state index contributed by atoms with van der Waals surface area (Å²) in [6.07, 6.45) is 4.44. The topological polar surface area (TPSA) is 85.0 Å². The van der Waals surface area contributed by atoms with E-state index in [0.717, 1.165) is 51.4 Å². The molecule has 0 aliphatic carbocycles. The number of hydrogen-bond donors (Lipinski definition) is 0. The van der Waals surface area contributed by atoms with Crippen molar-refractivity contribution in [1.82, 2.24) is 39.8 Å². The van der Waals surface area contributed by atoms with Gasteiger partial charge in [0.05, 0.1) is 5.69 Å². The molecular formula is C14H22N8O. The predicted molar refractivity (Wildman–Crippen MR) is 82.2 cm³/mol. The third kappa shape index (κ3) is 4.13. The van der Waals surface area contributed by atoms with Crippen LogP contribution < -0.4 is 0 Å². The molecule has 1 aliphatic rings. The van der Waals surface area contributed by atoms with Crippen molar-refractivity contribution in [2.75, 3.05) is 26.2 Å². The van der Waals surface area contributed by atoms with Crippen molar-refractivity contribution in [1.29, 1.82) is 0 Å². The second-order valence-corrected chi connectivity index (χ2v) is 5.68. The molecule has 1 aliphatic heterocycles. The maximum absolute atomic E-state index is 12.3. The van der Waals surface area contributed by atoms with E-state index in [9.17, 15) is 4.79 Å². The number of aromatic nitrogens is 6. The summed E-state index contributed by atoms with van der Waals surface area (Å²) in [7, 11) is 0. The highest BCUT2D eigenvalue weighted by Crippen LogP contribution is 2.08. The zero-order valence-corrected chi connectivity index (χ0v) is 13.4. The molecule has 124 valence electrons. The third-order valence-electron chi connectivity index (χ3n) is 4.04. The third-order valence-corrected chi connectivity index (χ3v) is 4.04. The number of aryl methyl sites for hydroxylation is 1. The lowest BCUT2D eigenvalue weighted by Gasteiger charge is -2.21. The summed E-state index contributed by atoms with van der Waals surface area (Å²) < 4.78 is 3.40. The van der Waals surface area contributed by atoms with E-state index < -0.39 is 0 Å². The number of tetrazole rings is 1. The molecule has 0 saturated carbocycles. The van der Waals surface area contributed by atoms with Crippen LogP contribution >= 0.6 is 0 Å². The smallest absolute Gasteiger partial charge is 0.244 e. The van der Waals surface area contributed by atoms with Gasteiger partial charge < -0.3 is 4.90 Å². The Morgan fingerprint density at radius 2 is 2.13 bits per heavy atom. The van der Waals surface area contributed by atoms with E-state index in [0.29, 0.717) is 0 Å². The van der Waals surface area contributed by atoms with Crippen LogP contribution in [0.3, 0.4) is 0 Å². The molecule has 9 heteroatoms. The molecule has 1 amide bonds. The zero-order chi connectivity index (χ0) is 16.1. The Morgan fingerprint density at radius 3 is 2.87 bits per heavy atom. The molecule has 0 aromatic carbocycles. The van der Waals surface area contributed by atoms with Gasteiger partial charge in [0, 0.05) is 45.5 Å². The number of carbonyl (C=O) groups excluding carboxylic acids is 1. The van der Waals surface area contributed by atoms with Crippen LogP contribution in [0.1, 0.15) is 19.0 Å². The number of carbonyl (C=O) groups is 1. The van der Waals surface area contributed by atoms with Gasteiger partial charge in [0.1, 0.15) is 12.9 Å². The van der Waals surface area contributed by atoms with Gasteiger partial charge in [-0.25, -0.2) is 4.68 Å². The molecule has 1 saturated heterocycles. The standard InChI is InChI=1S/C14H22N8O/c1-2-21-7-4-13(16-21)10-19-5-3-6-20(9-8-19)14(23)11-22-12-15-17-18-22/h4,7,12H,2-3,5-6,8-11H2,1H3. The molecule has 0 bridgehead atoms. The van der Waals surface area contributed by atoms with Crippen molar-refractivity contribution < 1.29 is 4.79 Å². The summed E-state index contributed by atoms with van der Waals surface area (Å²) >= 11 is 0. The second kappa shape index (κ2) is 7.32. The molecule has 2 aromatic heterocycles. The van der Waals surface area contributed by atoms with Gasteiger partial charge in [-0.2, -0.15) is 5.10 Å². The Kier molecular flexibility index (Phi) is 4.96. The minimum Gasteiger partial charge on any atom is -0.340 e. The first-order chi connectivity index (χ1) is 11.2. The number of rotatable bonds is 5. The monoisotopic (exact) mass is 318 g/mol. The molecule has 0 radical (unpaired) electrons. The van der Waals surface area contributed by atoms with Gasteiger partial charge in [-0.15, -0.1) is 5.10 Å². The van der Waals surface area contributed by atoms with Crippen LogP contribution in [0.2, 0.25) is 0 Å². The van der Waals surface area contributed by atoms with Crippen molar-refractivity contribution in [3.63, 3.8) is 0 Å². The van der Waals surface area contributed by atoms with Crippen LogP contribution in [0.25, 0.3) is 0 Å². The molecule has 0 atom stereocenters. The molecule has 0 N–H and O–H groups in total. The van der Waals surface area contributed by atoms with Crippen LogP contribution in [-0.4, -0.2) is 71.9 Å². The Morgan fingerprint density at radius 1 is 1.22 bits per heavy atom. The average molecular weight is 318 g/mol. The fourth-order valence-electron chi connectivity index (χ4n) is 2.76. The van der Waals surface area contributed by atoms with Gasteiger partial charge in [0.2, 0.25) is 5.91 Å². The Hall–Kier alpha value is -2.29. The number of amides is 1. The van der Waals surface area contributed by atoms with Crippen molar-refractivity contribution in [3.8, 4) is 0 Å². The molecule has 3 heterocycles. The molecule has 9 nitrogen and oxygen atoms in total. The Balaban J connectivity index is 1.51. The summed E-state index contributed by atoms with van der Waals surface area (Å²) in [6, 6.07) is 2.06. The average Bonchev–Trinajstić information content (AvgIpc) is 3.16. The van der Waals surface area contributed by atoms with E-state index in [1.165, 1.54) is 11.0 Å². The van der Waals surface area contributed by atoms with Crippen LogP contribution in [-0.2, 0) is 24.4 Å². The van der Waals surface area contributed by atoms with Crippen molar-refractivity contribution in [3.05, 3.63) is 24.3 Å². The summed E-state index contributed by atoms with van der Waals surface area (Å²) in [5.74, 6) is 0.0643. The summed E-state index contributed by atoms with van der Waals surface area (Å²) in [5, 5.41) is 15.4. The van der Waals surface area contributed by atoms with E-state index in [1.807, 2.05) is 15.8 Å². The molecule has 0 unspecified atom stereocenters. The first-order valence-electron chi connectivity index (χ1n) is 7.98. The number of hydrogen-bond acceptors (Lipinski definition) is 6.